The maximum absolute atomic E-state index is 12.9. The number of methoxy groups -OCH3 is 1. The zero-order chi connectivity index (χ0) is 30.7. The van der Waals surface area contributed by atoms with Crippen LogP contribution in [0.2, 0.25) is 5.02 Å². The number of allylic oxidation sites excluding steroid dienone is 1. The van der Waals surface area contributed by atoms with E-state index in [-0.39, 0.29) is 29.2 Å². The lowest BCUT2D eigenvalue weighted by Crippen LogP contribution is -2.21. The van der Waals surface area contributed by atoms with Crippen molar-refractivity contribution in [1.29, 1.82) is 5.26 Å². The van der Waals surface area contributed by atoms with Gasteiger partial charge in [-0.15, -0.1) is 0 Å². The second-order valence-electron chi connectivity index (χ2n) is 11.1. The molecule has 218 valence electrons. The number of nitriles is 1. The minimum absolute atomic E-state index is 0.0285. The number of rotatable bonds is 7. The number of esters is 1. The average molecular weight is 595 g/mol. The van der Waals surface area contributed by atoms with Crippen molar-refractivity contribution in [2.45, 2.75) is 38.7 Å². The number of hydrogen-bond acceptors (Lipinski definition) is 7. The molecule has 8 heteroatoms. The van der Waals surface area contributed by atoms with Gasteiger partial charge < -0.3 is 24.7 Å². The summed E-state index contributed by atoms with van der Waals surface area (Å²) in [5.41, 5.74) is 10.3. The van der Waals surface area contributed by atoms with Gasteiger partial charge in [-0.3, -0.25) is 0 Å². The topological polar surface area (TPSA) is 104 Å². The predicted molar refractivity (Wildman–Crippen MR) is 165 cm³/mol. The fraction of sp³-hybridized carbons (Fsp3) is 0.200. The third kappa shape index (κ3) is 6.30. The van der Waals surface area contributed by atoms with Crippen LogP contribution < -0.4 is 24.7 Å². The fourth-order valence-corrected chi connectivity index (χ4v) is 5.06. The van der Waals surface area contributed by atoms with Crippen LogP contribution in [-0.2, 0) is 12.0 Å². The monoisotopic (exact) mass is 594 g/mol. The van der Waals surface area contributed by atoms with Crippen molar-refractivity contribution in [3.63, 3.8) is 0 Å². The lowest BCUT2D eigenvalue weighted by molar-refractivity contribution is 0.0734. The number of carbonyl (C=O) groups excluding carboxylic acids is 1. The summed E-state index contributed by atoms with van der Waals surface area (Å²) in [6, 6.07) is 27.5. The van der Waals surface area contributed by atoms with Crippen molar-refractivity contribution < 1.29 is 23.7 Å². The molecule has 0 radical (unpaired) electrons. The summed E-state index contributed by atoms with van der Waals surface area (Å²) in [5, 5.41) is 10.6. The van der Waals surface area contributed by atoms with Crippen LogP contribution in [0.5, 0.6) is 23.0 Å². The van der Waals surface area contributed by atoms with Gasteiger partial charge in [0, 0.05) is 22.2 Å². The number of nitrogens with two attached hydrogens (primary N) is 1. The third-order valence-corrected chi connectivity index (χ3v) is 7.62. The highest BCUT2D eigenvalue weighted by Gasteiger charge is 2.32. The summed E-state index contributed by atoms with van der Waals surface area (Å²) in [6.45, 7) is 6.59. The van der Waals surface area contributed by atoms with Crippen molar-refractivity contribution in [2.24, 2.45) is 5.73 Å². The molecule has 2 N–H and O–H groups in total. The van der Waals surface area contributed by atoms with Crippen LogP contribution in [0.1, 0.15) is 59.3 Å². The van der Waals surface area contributed by atoms with E-state index in [0.29, 0.717) is 33.4 Å². The van der Waals surface area contributed by atoms with Gasteiger partial charge >= 0.3 is 5.97 Å². The summed E-state index contributed by atoms with van der Waals surface area (Å²) in [4.78, 5) is 12.9. The van der Waals surface area contributed by atoms with Crippen LogP contribution >= 0.6 is 11.6 Å². The molecule has 7 nitrogen and oxygen atoms in total. The SMILES string of the molecule is COc1cc(C2C(C#N)=C(N)Oc3cc(OC(=O)c4ccc(C(C)(C)C)cc4)ccc32)ccc1OCc1ccccc1Cl. The maximum Gasteiger partial charge on any atom is 0.343 e. The van der Waals surface area contributed by atoms with E-state index in [1.165, 1.54) is 0 Å². The van der Waals surface area contributed by atoms with Gasteiger partial charge in [0.05, 0.1) is 18.6 Å². The Labute approximate surface area is 256 Å². The molecule has 0 spiro atoms. The normalized spacial score (nSPS) is 14.3. The Morgan fingerprint density at radius 2 is 1.74 bits per heavy atom. The number of benzene rings is 4. The third-order valence-electron chi connectivity index (χ3n) is 7.25. The Hall–Kier alpha value is -4.93. The summed E-state index contributed by atoms with van der Waals surface area (Å²) in [6.07, 6.45) is 0. The molecular weight excluding hydrogens is 564 g/mol. The molecular formula is C35H31ClN2O5. The van der Waals surface area contributed by atoms with Gasteiger partial charge in [0.15, 0.2) is 11.5 Å². The van der Waals surface area contributed by atoms with E-state index in [4.69, 9.17) is 36.3 Å². The van der Waals surface area contributed by atoms with Crippen molar-refractivity contribution in [3.8, 4) is 29.1 Å². The molecule has 0 amide bonds. The first-order valence-corrected chi connectivity index (χ1v) is 14.0. The molecule has 0 bridgehead atoms. The van der Waals surface area contributed by atoms with Gasteiger partial charge in [-0.25, -0.2) is 4.79 Å². The molecule has 0 aliphatic carbocycles. The van der Waals surface area contributed by atoms with Crippen molar-refractivity contribution in [2.75, 3.05) is 7.11 Å². The summed E-state index contributed by atoms with van der Waals surface area (Å²) >= 11 is 6.28. The molecule has 1 unspecified atom stereocenters. The second-order valence-corrected chi connectivity index (χ2v) is 11.5. The lowest BCUT2D eigenvalue weighted by atomic mass is 9.83. The number of carbonyl (C=O) groups is 1. The standard InChI is InChI=1S/C35H31ClN2O5/c1-35(2,3)24-12-9-21(10-13-24)34(39)42-25-14-15-26-30(18-25)43-33(38)27(19-37)32(26)22-11-16-29(31(17-22)40-4)41-20-23-7-5-6-8-28(23)36/h5-18,32H,20,38H2,1-4H3. The Bertz CT molecular complexity index is 1750. The Morgan fingerprint density at radius 3 is 2.42 bits per heavy atom. The molecule has 1 aliphatic rings. The van der Waals surface area contributed by atoms with Gasteiger partial charge in [0.1, 0.15) is 29.7 Å². The first-order valence-electron chi connectivity index (χ1n) is 13.7. The molecule has 4 aromatic carbocycles. The average Bonchev–Trinajstić information content (AvgIpc) is 2.99. The molecule has 0 aromatic heterocycles. The van der Waals surface area contributed by atoms with E-state index < -0.39 is 11.9 Å². The number of hydrogen-bond donors (Lipinski definition) is 1. The smallest absolute Gasteiger partial charge is 0.343 e. The highest BCUT2D eigenvalue weighted by molar-refractivity contribution is 6.31. The molecule has 5 rings (SSSR count). The van der Waals surface area contributed by atoms with Crippen LogP contribution in [0, 0.1) is 11.3 Å². The number of fused-ring (bicyclic) bond motifs is 1. The largest absolute Gasteiger partial charge is 0.493 e. The molecule has 1 atom stereocenters. The lowest BCUT2D eigenvalue weighted by Gasteiger charge is -2.27. The fourth-order valence-electron chi connectivity index (χ4n) is 4.87. The van der Waals surface area contributed by atoms with E-state index in [1.54, 1.807) is 49.6 Å². The second kappa shape index (κ2) is 12.1. The van der Waals surface area contributed by atoms with Gasteiger partial charge in [-0.1, -0.05) is 74.8 Å². The van der Waals surface area contributed by atoms with Crippen LogP contribution in [0.3, 0.4) is 0 Å². The van der Waals surface area contributed by atoms with Crippen molar-refractivity contribution in [1.82, 2.24) is 0 Å². The van der Waals surface area contributed by atoms with E-state index in [1.807, 2.05) is 42.5 Å². The first-order chi connectivity index (χ1) is 20.6. The predicted octanol–water partition coefficient (Wildman–Crippen LogP) is 7.66. The van der Waals surface area contributed by atoms with Crippen molar-refractivity contribution >= 4 is 17.6 Å². The van der Waals surface area contributed by atoms with E-state index in [2.05, 4.69) is 26.8 Å². The maximum atomic E-state index is 12.9. The zero-order valence-electron chi connectivity index (χ0n) is 24.3. The first kappa shape index (κ1) is 29.6. The molecule has 0 saturated heterocycles. The number of ether oxygens (including phenoxy) is 4. The van der Waals surface area contributed by atoms with E-state index in [0.717, 1.165) is 16.7 Å². The molecule has 0 saturated carbocycles. The van der Waals surface area contributed by atoms with E-state index >= 15 is 0 Å². The Morgan fingerprint density at radius 1 is 1.00 bits per heavy atom. The molecule has 4 aromatic rings. The summed E-state index contributed by atoms with van der Waals surface area (Å²) in [7, 11) is 1.55. The molecule has 43 heavy (non-hydrogen) atoms. The Kier molecular flexibility index (Phi) is 8.33. The summed E-state index contributed by atoms with van der Waals surface area (Å²) < 4.78 is 23.1. The summed E-state index contributed by atoms with van der Waals surface area (Å²) in [5.74, 6) is 0.605. The number of nitrogens with zero attached hydrogens (tertiary/aromatic N) is 1. The minimum Gasteiger partial charge on any atom is -0.493 e. The van der Waals surface area contributed by atoms with E-state index in [9.17, 15) is 10.1 Å². The van der Waals surface area contributed by atoms with Gasteiger partial charge in [0.2, 0.25) is 5.88 Å². The quantitative estimate of drug-likeness (QED) is 0.173. The molecule has 0 fully saturated rings. The van der Waals surface area contributed by atoms with Crippen LogP contribution in [0.15, 0.2) is 96.4 Å². The molecule has 1 heterocycles. The van der Waals surface area contributed by atoms with Crippen LogP contribution in [0.25, 0.3) is 0 Å². The zero-order valence-corrected chi connectivity index (χ0v) is 25.1. The molecule has 1 aliphatic heterocycles. The van der Waals surface area contributed by atoms with Gasteiger partial charge in [-0.2, -0.15) is 5.26 Å². The Balaban J connectivity index is 1.41. The highest BCUT2D eigenvalue weighted by Crippen LogP contribution is 2.45. The van der Waals surface area contributed by atoms with Gasteiger partial charge in [0.25, 0.3) is 0 Å². The van der Waals surface area contributed by atoms with Gasteiger partial charge in [-0.05, 0) is 52.9 Å². The van der Waals surface area contributed by atoms with Crippen LogP contribution in [0.4, 0.5) is 0 Å². The highest BCUT2D eigenvalue weighted by atomic mass is 35.5. The van der Waals surface area contributed by atoms with Crippen LogP contribution in [-0.4, -0.2) is 13.1 Å². The number of halogens is 1. The van der Waals surface area contributed by atoms with Crippen molar-refractivity contribution in [3.05, 3.63) is 129 Å². The minimum atomic E-state index is -0.546.